The lowest BCUT2D eigenvalue weighted by molar-refractivity contribution is 0.144. The summed E-state index contributed by atoms with van der Waals surface area (Å²) >= 11 is 0. The van der Waals surface area contributed by atoms with Crippen LogP contribution < -0.4 is 10.6 Å². The van der Waals surface area contributed by atoms with Crippen LogP contribution in [-0.4, -0.2) is 26.9 Å². The lowest BCUT2D eigenvalue weighted by Gasteiger charge is -2.18. The van der Waals surface area contributed by atoms with Crippen LogP contribution in [0, 0.1) is 0 Å². The number of urea groups is 1. The van der Waals surface area contributed by atoms with Gasteiger partial charge in [0.25, 0.3) is 0 Å². The summed E-state index contributed by atoms with van der Waals surface area (Å²) in [5, 5.41) is 20.0. The Morgan fingerprint density at radius 1 is 1.22 bits per heavy atom. The third kappa shape index (κ3) is 2.43. The molecule has 3 aromatic rings. The summed E-state index contributed by atoms with van der Waals surface area (Å²) in [7, 11) is 0. The van der Waals surface area contributed by atoms with Gasteiger partial charge in [-0.15, -0.1) is 0 Å². The predicted molar refractivity (Wildman–Crippen MR) is 86.2 cm³/mol. The first-order valence-corrected chi connectivity index (χ1v) is 7.48. The molecule has 4 rings (SSSR count). The smallest absolute Gasteiger partial charge is 0.319 e. The molecule has 6 heteroatoms. The van der Waals surface area contributed by atoms with Crippen molar-refractivity contribution in [3.05, 3.63) is 66.0 Å². The van der Waals surface area contributed by atoms with Gasteiger partial charge in [0.15, 0.2) is 0 Å². The molecule has 2 aromatic heterocycles. The monoisotopic (exact) mass is 308 g/mol. The summed E-state index contributed by atoms with van der Waals surface area (Å²) in [5.41, 5.74) is 3.48. The highest BCUT2D eigenvalue weighted by Gasteiger charge is 2.31. The standard InChI is InChI=1S/C17H16N4O2/c22-15-9-11-5-1-2-6-12(11)16(15)20-17(23)19-13-10-18-21-8-4-3-7-14(13)21/h1-8,10,15-16,22H,9H2,(H2,19,20,23)/t15-,16-/m0/s1. The van der Waals surface area contributed by atoms with Crippen molar-refractivity contribution in [2.45, 2.75) is 18.6 Å². The highest BCUT2D eigenvalue weighted by molar-refractivity contribution is 5.94. The Kier molecular flexibility index (Phi) is 3.24. The maximum absolute atomic E-state index is 12.3. The number of carbonyl (C=O) groups excluding carboxylic acids is 1. The second kappa shape index (κ2) is 5.40. The molecule has 3 N–H and O–H groups in total. The summed E-state index contributed by atoms with van der Waals surface area (Å²) in [6.45, 7) is 0. The van der Waals surface area contributed by atoms with Crippen molar-refractivity contribution >= 4 is 17.2 Å². The lowest BCUT2D eigenvalue weighted by atomic mass is 10.1. The van der Waals surface area contributed by atoms with Gasteiger partial charge in [-0.25, -0.2) is 9.31 Å². The molecule has 2 atom stereocenters. The highest BCUT2D eigenvalue weighted by Crippen LogP contribution is 2.31. The maximum Gasteiger partial charge on any atom is 0.319 e. The van der Waals surface area contributed by atoms with Gasteiger partial charge in [0.1, 0.15) is 0 Å². The fraction of sp³-hybridized carbons (Fsp3) is 0.176. The van der Waals surface area contributed by atoms with Crippen LogP contribution in [0.2, 0.25) is 0 Å². The number of rotatable bonds is 2. The highest BCUT2D eigenvalue weighted by atomic mass is 16.3. The molecule has 0 unspecified atom stereocenters. The van der Waals surface area contributed by atoms with Crippen molar-refractivity contribution in [3.63, 3.8) is 0 Å². The number of hydrogen-bond donors (Lipinski definition) is 3. The van der Waals surface area contributed by atoms with Gasteiger partial charge in [-0.2, -0.15) is 5.10 Å². The van der Waals surface area contributed by atoms with Crippen LogP contribution >= 0.6 is 0 Å². The number of anilines is 1. The van der Waals surface area contributed by atoms with Gasteiger partial charge in [0.2, 0.25) is 0 Å². The summed E-state index contributed by atoms with van der Waals surface area (Å²) in [6, 6.07) is 12.6. The van der Waals surface area contributed by atoms with E-state index >= 15 is 0 Å². The van der Waals surface area contributed by atoms with E-state index < -0.39 is 12.1 Å². The second-order valence-electron chi connectivity index (χ2n) is 5.64. The van der Waals surface area contributed by atoms with Crippen LogP contribution in [0.3, 0.4) is 0 Å². The molecule has 1 aliphatic rings. The normalized spacial score (nSPS) is 19.5. The Morgan fingerprint density at radius 3 is 2.96 bits per heavy atom. The number of carbonyl (C=O) groups is 1. The Morgan fingerprint density at radius 2 is 2.04 bits per heavy atom. The molecular weight excluding hydrogens is 292 g/mol. The van der Waals surface area contributed by atoms with Crippen molar-refractivity contribution in [1.29, 1.82) is 0 Å². The zero-order valence-corrected chi connectivity index (χ0v) is 12.3. The zero-order chi connectivity index (χ0) is 15.8. The van der Waals surface area contributed by atoms with E-state index in [9.17, 15) is 9.90 Å². The molecule has 23 heavy (non-hydrogen) atoms. The molecule has 2 amide bonds. The van der Waals surface area contributed by atoms with E-state index in [2.05, 4.69) is 15.7 Å². The van der Waals surface area contributed by atoms with Crippen LogP contribution in [0.1, 0.15) is 17.2 Å². The summed E-state index contributed by atoms with van der Waals surface area (Å²) in [5.74, 6) is 0. The third-order valence-electron chi connectivity index (χ3n) is 4.17. The minimum Gasteiger partial charge on any atom is -0.390 e. The van der Waals surface area contributed by atoms with Crippen molar-refractivity contribution in [3.8, 4) is 0 Å². The van der Waals surface area contributed by atoms with Gasteiger partial charge in [-0.1, -0.05) is 30.3 Å². The van der Waals surface area contributed by atoms with Crippen LogP contribution in [0.4, 0.5) is 10.5 Å². The number of hydrogen-bond acceptors (Lipinski definition) is 3. The predicted octanol–water partition coefficient (Wildman–Crippen LogP) is 2.11. The molecule has 0 bridgehead atoms. The zero-order valence-electron chi connectivity index (χ0n) is 12.3. The number of nitrogens with zero attached hydrogens (tertiary/aromatic N) is 2. The Hall–Kier alpha value is -2.86. The van der Waals surface area contributed by atoms with Crippen molar-refractivity contribution in [1.82, 2.24) is 14.9 Å². The number of amides is 2. The van der Waals surface area contributed by atoms with Gasteiger partial charge in [0.05, 0.1) is 29.5 Å². The number of aromatic nitrogens is 2. The fourth-order valence-electron chi connectivity index (χ4n) is 3.08. The average molecular weight is 308 g/mol. The number of benzene rings is 1. The molecule has 0 aliphatic heterocycles. The van der Waals surface area contributed by atoms with Crippen molar-refractivity contribution < 1.29 is 9.90 Å². The van der Waals surface area contributed by atoms with Crippen LogP contribution in [0.5, 0.6) is 0 Å². The molecule has 6 nitrogen and oxygen atoms in total. The van der Waals surface area contributed by atoms with Gasteiger partial charge in [-0.3, -0.25) is 0 Å². The topological polar surface area (TPSA) is 78.7 Å². The van der Waals surface area contributed by atoms with E-state index in [1.165, 1.54) is 0 Å². The molecule has 0 saturated carbocycles. The minimum atomic E-state index is -0.609. The van der Waals surface area contributed by atoms with E-state index in [0.717, 1.165) is 16.6 Å². The van der Waals surface area contributed by atoms with E-state index in [-0.39, 0.29) is 6.03 Å². The minimum absolute atomic E-state index is 0.357. The Balaban J connectivity index is 1.52. The number of nitrogens with one attached hydrogen (secondary N) is 2. The molecule has 1 aliphatic carbocycles. The first-order valence-electron chi connectivity index (χ1n) is 7.48. The number of fused-ring (bicyclic) bond motifs is 2. The average Bonchev–Trinajstić information content (AvgIpc) is 3.10. The Labute approximate surface area is 132 Å². The second-order valence-corrected chi connectivity index (χ2v) is 5.64. The molecule has 1 aromatic carbocycles. The quantitative estimate of drug-likeness (QED) is 0.678. The first-order chi connectivity index (χ1) is 11.2. The largest absolute Gasteiger partial charge is 0.390 e. The number of aliphatic hydroxyl groups is 1. The number of pyridine rings is 1. The molecule has 0 fully saturated rings. The first kappa shape index (κ1) is 13.8. The van der Waals surface area contributed by atoms with Crippen LogP contribution in [0.25, 0.3) is 5.52 Å². The number of aliphatic hydroxyl groups excluding tert-OH is 1. The van der Waals surface area contributed by atoms with E-state index in [0.29, 0.717) is 12.1 Å². The molecular formula is C17H16N4O2. The van der Waals surface area contributed by atoms with E-state index in [1.54, 1.807) is 10.7 Å². The summed E-state index contributed by atoms with van der Waals surface area (Å²) in [4.78, 5) is 12.3. The van der Waals surface area contributed by atoms with E-state index in [4.69, 9.17) is 0 Å². The van der Waals surface area contributed by atoms with Gasteiger partial charge in [-0.05, 0) is 23.3 Å². The van der Waals surface area contributed by atoms with Gasteiger partial charge < -0.3 is 15.7 Å². The van der Waals surface area contributed by atoms with E-state index in [1.807, 2.05) is 48.7 Å². The molecule has 116 valence electrons. The Bertz CT molecular complexity index is 874. The van der Waals surface area contributed by atoms with Gasteiger partial charge >= 0.3 is 6.03 Å². The summed E-state index contributed by atoms with van der Waals surface area (Å²) in [6.07, 6.45) is 3.36. The van der Waals surface area contributed by atoms with Gasteiger partial charge in [0, 0.05) is 12.6 Å². The lowest BCUT2D eigenvalue weighted by Crippen LogP contribution is -2.36. The molecule has 2 heterocycles. The fourth-order valence-corrected chi connectivity index (χ4v) is 3.08. The molecule has 0 radical (unpaired) electrons. The van der Waals surface area contributed by atoms with Crippen molar-refractivity contribution in [2.24, 2.45) is 0 Å². The van der Waals surface area contributed by atoms with Crippen LogP contribution in [0.15, 0.2) is 54.9 Å². The van der Waals surface area contributed by atoms with Crippen LogP contribution in [-0.2, 0) is 6.42 Å². The van der Waals surface area contributed by atoms with Crippen molar-refractivity contribution in [2.75, 3.05) is 5.32 Å². The third-order valence-corrected chi connectivity index (χ3v) is 4.17. The maximum atomic E-state index is 12.3. The summed E-state index contributed by atoms with van der Waals surface area (Å²) < 4.78 is 1.69. The molecule has 0 saturated heterocycles. The SMILES string of the molecule is O=C(Nc1cnn2ccccc12)N[C@H]1c2ccccc2C[C@@H]1O. The molecule has 0 spiro atoms.